The summed E-state index contributed by atoms with van der Waals surface area (Å²) in [5.41, 5.74) is 17.7. The zero-order valence-electron chi connectivity index (χ0n) is 50.1. The Balaban J connectivity index is 0.000000109. The van der Waals surface area contributed by atoms with Crippen LogP contribution in [0.5, 0.6) is 34.5 Å². The molecular formula is C68H74N6O14. The third kappa shape index (κ3) is 12.5. The SMILES string of the molecule is CC1=NC2c3ccccc3OC(C)C2O1.CC1=NC2c3ccccc3OC(C)C2O1.CC1=NC2c3ccccc3OC(C=O)C2O1.CC1=NC2c3ccccc3OC(C=O)C2O1.CC1Oc2ccccc2C(N)C1O.CC1Oc2ccccc2C(N)C1O. The first kappa shape index (κ1) is 60.9. The van der Waals surface area contributed by atoms with Gasteiger partial charge >= 0.3 is 0 Å². The first-order valence-electron chi connectivity index (χ1n) is 29.7. The van der Waals surface area contributed by atoms with Gasteiger partial charge in [-0.3, -0.25) is 9.59 Å². The van der Waals surface area contributed by atoms with Crippen molar-refractivity contribution in [1.29, 1.82) is 0 Å². The third-order valence-corrected chi connectivity index (χ3v) is 16.6. The lowest BCUT2D eigenvalue weighted by Gasteiger charge is -2.32. The average molecular weight is 1200 g/mol. The van der Waals surface area contributed by atoms with Gasteiger partial charge in [-0.05, 0) is 64.1 Å². The van der Waals surface area contributed by atoms with Gasteiger partial charge in [-0.2, -0.15) is 0 Å². The first-order valence-corrected chi connectivity index (χ1v) is 29.7. The molecule has 0 aliphatic carbocycles. The number of aliphatic hydroxyl groups is 2. The molecule has 0 spiro atoms. The van der Waals surface area contributed by atoms with Crippen molar-refractivity contribution in [2.24, 2.45) is 31.4 Å². The second kappa shape index (κ2) is 26.3. The molecule has 0 amide bonds. The van der Waals surface area contributed by atoms with Crippen molar-refractivity contribution in [2.45, 2.75) is 165 Å². The Morgan fingerprint density at radius 1 is 0.330 bits per heavy atom. The fourth-order valence-corrected chi connectivity index (χ4v) is 12.1. The molecule has 18 atom stereocenters. The largest absolute Gasteiger partial charge is 0.488 e. The van der Waals surface area contributed by atoms with Gasteiger partial charge in [0.25, 0.3) is 0 Å². The van der Waals surface area contributed by atoms with E-state index in [1.165, 1.54) is 0 Å². The number of benzene rings is 6. The van der Waals surface area contributed by atoms with E-state index in [1.54, 1.807) is 13.8 Å². The van der Waals surface area contributed by atoms with Gasteiger partial charge in [-0.25, -0.2) is 20.0 Å². The van der Waals surface area contributed by atoms with Crippen LogP contribution in [0.3, 0.4) is 0 Å². The first-order chi connectivity index (χ1) is 42.5. The molecule has 10 aliphatic heterocycles. The van der Waals surface area contributed by atoms with Crippen LogP contribution in [-0.4, -0.2) is 120 Å². The number of hydrogen-bond acceptors (Lipinski definition) is 20. The summed E-state index contributed by atoms with van der Waals surface area (Å²) in [5.74, 6) is 7.65. The lowest BCUT2D eigenvalue weighted by atomic mass is 9.95. The molecule has 16 rings (SSSR count). The molecule has 6 aromatic carbocycles. The summed E-state index contributed by atoms with van der Waals surface area (Å²) in [6.07, 6.45) is -1.69. The predicted molar refractivity (Wildman–Crippen MR) is 329 cm³/mol. The van der Waals surface area contributed by atoms with Crippen LogP contribution in [0.4, 0.5) is 0 Å². The van der Waals surface area contributed by atoms with Gasteiger partial charge in [0.05, 0.1) is 12.1 Å². The van der Waals surface area contributed by atoms with E-state index in [1.807, 2.05) is 175 Å². The topological polar surface area (TPSA) is 268 Å². The molecule has 460 valence electrons. The fourth-order valence-electron chi connectivity index (χ4n) is 12.1. The number of hydrogen-bond donors (Lipinski definition) is 4. The van der Waals surface area contributed by atoms with Crippen LogP contribution in [0, 0.1) is 0 Å². The lowest BCUT2D eigenvalue weighted by Crippen LogP contribution is -2.42. The Bertz CT molecular complexity index is 3380. The van der Waals surface area contributed by atoms with E-state index >= 15 is 0 Å². The highest BCUT2D eigenvalue weighted by Gasteiger charge is 2.46. The van der Waals surface area contributed by atoms with Crippen LogP contribution in [-0.2, 0) is 28.5 Å². The highest BCUT2D eigenvalue weighted by molar-refractivity contribution is 5.79. The van der Waals surface area contributed by atoms with E-state index in [0.717, 1.165) is 92.2 Å². The van der Waals surface area contributed by atoms with Crippen LogP contribution < -0.4 is 39.9 Å². The molecule has 20 nitrogen and oxygen atoms in total. The Morgan fingerprint density at radius 2 is 0.557 bits per heavy atom. The highest BCUT2D eigenvalue weighted by Crippen LogP contribution is 2.45. The van der Waals surface area contributed by atoms with Crippen LogP contribution in [0.2, 0.25) is 0 Å². The van der Waals surface area contributed by atoms with Gasteiger partial charge in [-0.1, -0.05) is 109 Å². The molecule has 10 heterocycles. The maximum Gasteiger partial charge on any atom is 0.193 e. The molecule has 0 radical (unpaired) electrons. The minimum absolute atomic E-state index is 0.0416. The number of aldehydes is 2. The predicted octanol–water partition coefficient (Wildman–Crippen LogP) is 9.32. The summed E-state index contributed by atoms with van der Waals surface area (Å²) in [6.45, 7) is 15.1. The fraction of sp³-hybridized carbons (Fsp3) is 0.382. The molecule has 0 saturated heterocycles. The number of carbonyl (C=O) groups is 2. The number of ether oxygens (including phenoxy) is 10. The molecule has 6 N–H and O–H groups in total. The zero-order valence-corrected chi connectivity index (χ0v) is 50.1. The molecule has 0 aromatic heterocycles. The Hall–Kier alpha value is -8.82. The summed E-state index contributed by atoms with van der Waals surface area (Å²) in [7, 11) is 0. The zero-order chi connectivity index (χ0) is 61.9. The second-order valence-electron chi connectivity index (χ2n) is 22.7. The van der Waals surface area contributed by atoms with Crippen molar-refractivity contribution in [1.82, 2.24) is 0 Å². The molecule has 18 unspecified atom stereocenters. The highest BCUT2D eigenvalue weighted by atomic mass is 16.6. The number of carbonyl (C=O) groups excluding carboxylic acids is 2. The molecule has 10 aliphatic rings. The van der Waals surface area contributed by atoms with Gasteiger partial charge in [0.15, 0.2) is 72.8 Å². The Labute approximate surface area is 511 Å². The number of aliphatic imine (C=N–C) groups is 4. The summed E-state index contributed by atoms with van der Waals surface area (Å²) in [5, 5.41) is 19.3. The van der Waals surface area contributed by atoms with Crippen molar-refractivity contribution in [2.75, 3.05) is 0 Å². The Morgan fingerprint density at radius 3 is 0.852 bits per heavy atom. The summed E-state index contributed by atoms with van der Waals surface area (Å²) in [6, 6.07) is 45.8. The van der Waals surface area contributed by atoms with Crippen molar-refractivity contribution < 1.29 is 67.2 Å². The molecule has 6 aromatic rings. The molecular weight excluding hydrogens is 1120 g/mol. The van der Waals surface area contributed by atoms with E-state index in [4.69, 9.17) is 58.8 Å². The van der Waals surface area contributed by atoms with Crippen molar-refractivity contribution in [3.8, 4) is 34.5 Å². The number of para-hydroxylation sites is 6. The quantitative estimate of drug-likeness (QED) is 0.118. The smallest absolute Gasteiger partial charge is 0.193 e. The number of rotatable bonds is 2. The molecule has 0 bridgehead atoms. The van der Waals surface area contributed by atoms with Crippen molar-refractivity contribution >= 4 is 36.2 Å². The average Bonchev–Trinajstić information content (AvgIpc) is 3.31. The number of fused-ring (bicyclic) bond motifs is 14. The normalized spacial score (nSPS) is 31.5. The number of nitrogens with two attached hydrogens (primary N) is 2. The monoisotopic (exact) mass is 1200 g/mol. The number of nitrogens with zero attached hydrogens (tertiary/aromatic N) is 4. The van der Waals surface area contributed by atoms with Crippen LogP contribution in [0.25, 0.3) is 0 Å². The minimum atomic E-state index is -0.616. The standard InChI is InChI=1S/2C12H11NO3.2C12H13NO2.2C10H13NO2/c2*1-7-13-11-8-4-2-3-5-9(8)16-10(6-14)12(11)15-7;2*1-7-12-11(13-8(2)15-12)9-5-3-4-6-10(9)14-7;2*1-6-10(12)9(11)7-4-2-3-5-8(7)13-6/h2*2-6,10-12H,1H3;2*3-7,11-12H,1-2H3;2*2-6,9-10,12H,11H2,1H3. The number of aliphatic hydroxyl groups excluding tert-OH is 2. The molecule has 88 heavy (non-hydrogen) atoms. The van der Waals surface area contributed by atoms with Gasteiger partial charge in [0.1, 0.15) is 95.3 Å². The summed E-state index contributed by atoms with van der Waals surface area (Å²) >= 11 is 0. The van der Waals surface area contributed by atoms with Crippen LogP contribution in [0.1, 0.15) is 125 Å². The molecule has 20 heteroatoms. The van der Waals surface area contributed by atoms with Gasteiger partial charge in [0, 0.05) is 61.1 Å². The van der Waals surface area contributed by atoms with E-state index in [2.05, 4.69) is 32.1 Å². The van der Waals surface area contributed by atoms with Crippen molar-refractivity contribution in [3.63, 3.8) is 0 Å². The van der Waals surface area contributed by atoms with Gasteiger partial charge in [0.2, 0.25) is 0 Å². The van der Waals surface area contributed by atoms with Crippen LogP contribution >= 0.6 is 0 Å². The molecule has 0 fully saturated rings. The van der Waals surface area contributed by atoms with E-state index in [9.17, 15) is 19.8 Å². The van der Waals surface area contributed by atoms with Crippen molar-refractivity contribution in [3.05, 3.63) is 179 Å². The van der Waals surface area contributed by atoms with Crippen LogP contribution in [0.15, 0.2) is 166 Å². The van der Waals surface area contributed by atoms with Gasteiger partial charge < -0.3 is 69.0 Å². The minimum Gasteiger partial charge on any atom is -0.488 e. The third-order valence-electron chi connectivity index (χ3n) is 16.6. The molecule has 0 saturated carbocycles. The summed E-state index contributed by atoms with van der Waals surface area (Å²) < 4.78 is 56.1. The Kier molecular flexibility index (Phi) is 18.2. The van der Waals surface area contributed by atoms with Gasteiger partial charge in [-0.15, -0.1) is 0 Å². The summed E-state index contributed by atoms with van der Waals surface area (Å²) in [4.78, 5) is 39.8. The van der Waals surface area contributed by atoms with E-state index < -0.39 is 24.4 Å². The van der Waals surface area contributed by atoms with E-state index in [0.29, 0.717) is 11.8 Å². The second-order valence-corrected chi connectivity index (χ2v) is 22.7. The lowest BCUT2D eigenvalue weighted by molar-refractivity contribution is -0.119. The maximum absolute atomic E-state index is 11.0. The maximum atomic E-state index is 11.0. The van der Waals surface area contributed by atoms with E-state index in [-0.39, 0.29) is 85.1 Å².